The zero-order valence-electron chi connectivity index (χ0n) is 10.1. The van der Waals surface area contributed by atoms with Crippen molar-refractivity contribution in [2.75, 3.05) is 18.5 Å². The monoisotopic (exact) mass is 279 g/mol. The first kappa shape index (κ1) is 14.9. The summed E-state index contributed by atoms with van der Waals surface area (Å²) in [6.45, 7) is 8.92. The number of amides is 1. The van der Waals surface area contributed by atoms with E-state index in [1.165, 1.54) is 0 Å². The molecule has 0 aromatic carbocycles. The fraction of sp³-hybridized carbons (Fsp3) is 0.909. The van der Waals surface area contributed by atoms with Crippen LogP contribution in [-0.2, 0) is 9.53 Å². The van der Waals surface area contributed by atoms with Crippen molar-refractivity contribution in [2.24, 2.45) is 0 Å². The molecule has 0 aromatic rings. The van der Waals surface area contributed by atoms with Gasteiger partial charge in [0.05, 0.1) is 6.10 Å². The lowest BCUT2D eigenvalue weighted by Crippen LogP contribution is -2.40. The highest BCUT2D eigenvalue weighted by molar-refractivity contribution is 9.09. The van der Waals surface area contributed by atoms with E-state index in [1.807, 2.05) is 32.6 Å². The molecule has 0 aromatic heterocycles. The third-order valence-corrected chi connectivity index (χ3v) is 2.58. The van der Waals surface area contributed by atoms with Crippen LogP contribution in [0.15, 0.2) is 0 Å². The number of hydrogen-bond donors (Lipinski definition) is 0. The van der Waals surface area contributed by atoms with Crippen LogP contribution < -0.4 is 0 Å². The molecular formula is C11H22BrNO2. The number of carbonyl (C=O) groups excluding carboxylic acids is 1. The van der Waals surface area contributed by atoms with Crippen molar-refractivity contribution in [3.63, 3.8) is 0 Å². The number of halogens is 1. The number of ether oxygens (including phenoxy) is 1. The minimum atomic E-state index is 0.0830. The Hall–Kier alpha value is -0.0900. The van der Waals surface area contributed by atoms with Crippen LogP contribution in [0, 0.1) is 0 Å². The second-order valence-electron chi connectivity index (χ2n) is 4.08. The first-order valence-corrected chi connectivity index (χ1v) is 6.58. The Kier molecular flexibility index (Phi) is 8.06. The Balaban J connectivity index is 4.05. The molecule has 0 rings (SSSR count). The second-order valence-corrected chi connectivity index (χ2v) is 4.88. The Morgan fingerprint density at radius 1 is 1.33 bits per heavy atom. The van der Waals surface area contributed by atoms with Gasteiger partial charge in [-0.05, 0) is 34.1 Å². The van der Waals surface area contributed by atoms with Crippen molar-refractivity contribution in [3.05, 3.63) is 0 Å². The van der Waals surface area contributed by atoms with Crippen molar-refractivity contribution in [3.8, 4) is 0 Å². The molecule has 0 spiro atoms. The Morgan fingerprint density at radius 2 is 1.93 bits per heavy atom. The minimum absolute atomic E-state index is 0.0830. The fourth-order valence-electron chi connectivity index (χ4n) is 1.22. The van der Waals surface area contributed by atoms with E-state index in [-0.39, 0.29) is 24.7 Å². The van der Waals surface area contributed by atoms with Crippen molar-refractivity contribution in [2.45, 2.75) is 46.3 Å². The normalized spacial score (nSPS) is 11.1. The van der Waals surface area contributed by atoms with Gasteiger partial charge in [-0.1, -0.05) is 15.9 Å². The van der Waals surface area contributed by atoms with Gasteiger partial charge in [0, 0.05) is 17.9 Å². The molecule has 0 aliphatic rings. The van der Waals surface area contributed by atoms with Crippen molar-refractivity contribution >= 4 is 21.8 Å². The van der Waals surface area contributed by atoms with E-state index in [9.17, 15) is 4.79 Å². The molecule has 3 nitrogen and oxygen atoms in total. The Morgan fingerprint density at radius 3 is 2.33 bits per heavy atom. The van der Waals surface area contributed by atoms with Crippen LogP contribution in [0.25, 0.3) is 0 Å². The smallest absolute Gasteiger partial charge is 0.248 e. The highest BCUT2D eigenvalue weighted by Crippen LogP contribution is 2.03. The quantitative estimate of drug-likeness (QED) is 0.670. The van der Waals surface area contributed by atoms with Crippen molar-refractivity contribution in [1.82, 2.24) is 4.90 Å². The van der Waals surface area contributed by atoms with Gasteiger partial charge in [0.2, 0.25) is 5.91 Å². The Labute approximate surface area is 101 Å². The summed E-state index contributed by atoms with van der Waals surface area (Å²) in [5, 5.41) is 0.925. The van der Waals surface area contributed by atoms with E-state index in [2.05, 4.69) is 15.9 Å². The second kappa shape index (κ2) is 8.11. The number of hydrogen-bond acceptors (Lipinski definition) is 2. The number of alkyl halides is 1. The summed E-state index contributed by atoms with van der Waals surface area (Å²) < 4.78 is 5.31. The van der Waals surface area contributed by atoms with Gasteiger partial charge >= 0.3 is 0 Å². The van der Waals surface area contributed by atoms with Crippen LogP contribution in [0.4, 0.5) is 0 Å². The van der Waals surface area contributed by atoms with Crippen LogP contribution >= 0.6 is 15.9 Å². The molecule has 0 fully saturated rings. The molecule has 0 saturated heterocycles. The number of rotatable bonds is 7. The molecule has 0 bridgehead atoms. The molecule has 0 unspecified atom stereocenters. The van der Waals surface area contributed by atoms with E-state index in [1.54, 1.807) is 0 Å². The van der Waals surface area contributed by atoms with Gasteiger partial charge in [0.1, 0.15) is 6.61 Å². The molecule has 0 radical (unpaired) electrons. The fourth-order valence-corrected chi connectivity index (χ4v) is 1.47. The van der Waals surface area contributed by atoms with E-state index >= 15 is 0 Å². The van der Waals surface area contributed by atoms with Gasteiger partial charge in [-0.3, -0.25) is 4.79 Å². The first-order valence-electron chi connectivity index (χ1n) is 5.46. The molecule has 1 amide bonds. The molecule has 0 aliphatic carbocycles. The van der Waals surface area contributed by atoms with Gasteiger partial charge in [0.25, 0.3) is 0 Å². The van der Waals surface area contributed by atoms with Crippen LogP contribution in [0.3, 0.4) is 0 Å². The SMILES string of the molecule is CC(C)OCC(=O)N(CCCBr)C(C)C. The molecule has 15 heavy (non-hydrogen) atoms. The van der Waals surface area contributed by atoms with E-state index < -0.39 is 0 Å². The highest BCUT2D eigenvalue weighted by Gasteiger charge is 2.16. The summed E-state index contributed by atoms with van der Waals surface area (Å²) in [5.41, 5.74) is 0. The van der Waals surface area contributed by atoms with E-state index in [4.69, 9.17) is 4.74 Å². The van der Waals surface area contributed by atoms with Crippen LogP contribution in [0.5, 0.6) is 0 Å². The zero-order valence-corrected chi connectivity index (χ0v) is 11.7. The van der Waals surface area contributed by atoms with Gasteiger partial charge in [0.15, 0.2) is 0 Å². The molecule has 0 atom stereocenters. The molecule has 90 valence electrons. The maximum absolute atomic E-state index is 11.8. The van der Waals surface area contributed by atoms with E-state index in [0.717, 1.165) is 18.3 Å². The minimum Gasteiger partial charge on any atom is -0.369 e. The summed E-state index contributed by atoms with van der Waals surface area (Å²) in [6, 6.07) is 0.243. The predicted molar refractivity (Wildman–Crippen MR) is 66.3 cm³/mol. The zero-order chi connectivity index (χ0) is 11.8. The average Bonchev–Trinajstić information content (AvgIpc) is 2.14. The van der Waals surface area contributed by atoms with Crippen LogP contribution in [0.1, 0.15) is 34.1 Å². The van der Waals surface area contributed by atoms with Gasteiger partial charge in [-0.2, -0.15) is 0 Å². The molecule has 0 N–H and O–H groups in total. The maximum Gasteiger partial charge on any atom is 0.248 e. The third-order valence-electron chi connectivity index (χ3n) is 2.02. The Bertz CT molecular complexity index is 183. The van der Waals surface area contributed by atoms with Crippen LogP contribution in [0.2, 0.25) is 0 Å². The molecule has 0 heterocycles. The summed E-state index contributed by atoms with van der Waals surface area (Å²) in [7, 11) is 0. The van der Waals surface area contributed by atoms with Gasteiger partial charge < -0.3 is 9.64 Å². The third kappa shape index (κ3) is 6.90. The van der Waals surface area contributed by atoms with Gasteiger partial charge in [-0.25, -0.2) is 0 Å². The predicted octanol–water partition coefficient (Wildman–Crippen LogP) is 2.43. The largest absolute Gasteiger partial charge is 0.369 e. The lowest BCUT2D eigenvalue weighted by Gasteiger charge is -2.26. The first-order chi connectivity index (χ1) is 6.99. The summed E-state index contributed by atoms with van der Waals surface area (Å²) >= 11 is 3.37. The number of nitrogens with zero attached hydrogens (tertiary/aromatic N) is 1. The molecular weight excluding hydrogens is 258 g/mol. The average molecular weight is 280 g/mol. The lowest BCUT2D eigenvalue weighted by molar-refractivity contribution is -0.139. The van der Waals surface area contributed by atoms with Crippen molar-refractivity contribution < 1.29 is 9.53 Å². The number of carbonyl (C=O) groups is 1. The topological polar surface area (TPSA) is 29.5 Å². The van der Waals surface area contributed by atoms with Crippen LogP contribution in [-0.4, -0.2) is 41.4 Å². The molecule has 0 saturated carbocycles. The van der Waals surface area contributed by atoms with Gasteiger partial charge in [-0.15, -0.1) is 0 Å². The lowest BCUT2D eigenvalue weighted by atomic mass is 10.3. The maximum atomic E-state index is 11.8. The van der Waals surface area contributed by atoms with E-state index in [0.29, 0.717) is 0 Å². The summed E-state index contributed by atoms with van der Waals surface area (Å²) in [6.07, 6.45) is 1.09. The van der Waals surface area contributed by atoms with Crippen molar-refractivity contribution in [1.29, 1.82) is 0 Å². The summed E-state index contributed by atoms with van der Waals surface area (Å²) in [4.78, 5) is 13.6. The summed E-state index contributed by atoms with van der Waals surface area (Å²) in [5.74, 6) is 0.0830. The highest BCUT2D eigenvalue weighted by atomic mass is 79.9. The molecule has 4 heteroatoms. The standard InChI is InChI=1S/C11H22BrNO2/c1-9(2)13(7-5-6-12)11(14)8-15-10(3)4/h9-10H,5-8H2,1-4H3. The molecule has 0 aliphatic heterocycles.